The fraction of sp³-hybridized carbons (Fsp3) is 0.368. The van der Waals surface area contributed by atoms with E-state index in [1.165, 1.54) is 11.1 Å². The second-order valence-corrected chi connectivity index (χ2v) is 4.76. The number of benzene rings is 1. The molecule has 0 N–H and O–H groups in total. The molecule has 0 nitrogen and oxygen atoms in total. The molecule has 0 aliphatic heterocycles. The molecule has 0 saturated heterocycles. The SMILES string of the molecule is C/C=C\C(CC)(C(=C\CC)/C=C/C)c1ccccc1. The molecule has 0 amide bonds. The summed E-state index contributed by atoms with van der Waals surface area (Å²) in [5.74, 6) is 0. The topological polar surface area (TPSA) is 0 Å². The summed E-state index contributed by atoms with van der Waals surface area (Å²) in [5.41, 5.74) is 2.76. The Hall–Kier alpha value is -1.56. The Bertz CT molecular complexity index is 448. The minimum Gasteiger partial charge on any atom is -0.0904 e. The lowest BCUT2D eigenvalue weighted by atomic mass is 9.71. The molecule has 1 aromatic rings. The van der Waals surface area contributed by atoms with E-state index in [2.05, 4.69) is 88.4 Å². The Balaban J connectivity index is 3.46. The molecule has 0 saturated carbocycles. The van der Waals surface area contributed by atoms with E-state index in [1.807, 2.05) is 0 Å². The Morgan fingerprint density at radius 2 is 1.74 bits per heavy atom. The van der Waals surface area contributed by atoms with Crippen LogP contribution in [0.4, 0.5) is 0 Å². The third-order valence-corrected chi connectivity index (χ3v) is 3.58. The van der Waals surface area contributed by atoms with Crippen LogP contribution in [0.5, 0.6) is 0 Å². The first kappa shape index (κ1) is 15.5. The summed E-state index contributed by atoms with van der Waals surface area (Å²) in [6.45, 7) is 8.65. The van der Waals surface area contributed by atoms with E-state index in [9.17, 15) is 0 Å². The van der Waals surface area contributed by atoms with Gasteiger partial charge in [-0.25, -0.2) is 0 Å². The number of hydrogen-bond donors (Lipinski definition) is 0. The average molecular weight is 254 g/mol. The highest BCUT2D eigenvalue weighted by molar-refractivity contribution is 5.46. The van der Waals surface area contributed by atoms with Crippen LogP contribution in [0.15, 0.2) is 66.3 Å². The van der Waals surface area contributed by atoms with Gasteiger partial charge in [0.2, 0.25) is 0 Å². The highest BCUT2D eigenvalue weighted by atomic mass is 14.3. The molecule has 19 heavy (non-hydrogen) atoms. The zero-order valence-electron chi connectivity index (χ0n) is 12.7. The largest absolute Gasteiger partial charge is 0.0904 e. The van der Waals surface area contributed by atoms with Crippen molar-refractivity contribution in [3.05, 3.63) is 71.8 Å². The molecule has 0 heteroatoms. The van der Waals surface area contributed by atoms with E-state index < -0.39 is 0 Å². The van der Waals surface area contributed by atoms with Crippen LogP contribution in [-0.2, 0) is 5.41 Å². The molecule has 102 valence electrons. The summed E-state index contributed by atoms with van der Waals surface area (Å²) in [6.07, 6.45) is 13.4. The van der Waals surface area contributed by atoms with Gasteiger partial charge in [0.25, 0.3) is 0 Å². The maximum Gasteiger partial charge on any atom is 0.0375 e. The summed E-state index contributed by atoms with van der Waals surface area (Å²) < 4.78 is 0. The smallest absolute Gasteiger partial charge is 0.0375 e. The van der Waals surface area contributed by atoms with Gasteiger partial charge in [-0.1, -0.05) is 74.6 Å². The van der Waals surface area contributed by atoms with Gasteiger partial charge in [0.1, 0.15) is 0 Å². The van der Waals surface area contributed by atoms with Crippen LogP contribution in [0, 0.1) is 0 Å². The molecule has 0 aliphatic carbocycles. The second kappa shape index (κ2) is 7.78. The Morgan fingerprint density at radius 3 is 2.21 bits per heavy atom. The Labute approximate surface area is 118 Å². The van der Waals surface area contributed by atoms with Crippen molar-refractivity contribution < 1.29 is 0 Å². The van der Waals surface area contributed by atoms with Gasteiger partial charge in [-0.05, 0) is 37.8 Å². The van der Waals surface area contributed by atoms with Gasteiger partial charge >= 0.3 is 0 Å². The molecule has 0 aromatic heterocycles. The Kier molecular flexibility index (Phi) is 6.35. The zero-order valence-corrected chi connectivity index (χ0v) is 12.7. The molecule has 0 aliphatic rings. The van der Waals surface area contributed by atoms with Crippen molar-refractivity contribution >= 4 is 0 Å². The summed E-state index contributed by atoms with van der Waals surface area (Å²) in [4.78, 5) is 0. The van der Waals surface area contributed by atoms with Crippen molar-refractivity contribution in [3.63, 3.8) is 0 Å². The van der Waals surface area contributed by atoms with Gasteiger partial charge in [-0.2, -0.15) is 0 Å². The van der Waals surface area contributed by atoms with Gasteiger partial charge in [0.15, 0.2) is 0 Å². The monoisotopic (exact) mass is 254 g/mol. The lowest BCUT2D eigenvalue weighted by Crippen LogP contribution is -2.24. The van der Waals surface area contributed by atoms with E-state index in [1.54, 1.807) is 0 Å². The van der Waals surface area contributed by atoms with E-state index in [-0.39, 0.29) is 5.41 Å². The third kappa shape index (κ3) is 3.47. The van der Waals surface area contributed by atoms with Crippen molar-refractivity contribution in [1.29, 1.82) is 0 Å². The minimum absolute atomic E-state index is 0.00146. The molecule has 0 fully saturated rings. The molecule has 0 radical (unpaired) electrons. The number of hydrogen-bond acceptors (Lipinski definition) is 0. The second-order valence-electron chi connectivity index (χ2n) is 4.76. The van der Waals surface area contributed by atoms with Crippen LogP contribution < -0.4 is 0 Å². The summed E-state index contributed by atoms with van der Waals surface area (Å²) in [5, 5.41) is 0. The lowest BCUT2D eigenvalue weighted by Gasteiger charge is -2.32. The van der Waals surface area contributed by atoms with Crippen molar-refractivity contribution in [2.24, 2.45) is 0 Å². The molecule has 1 rings (SSSR count). The van der Waals surface area contributed by atoms with E-state index in [0.717, 1.165) is 12.8 Å². The molecule has 0 spiro atoms. The average Bonchev–Trinajstić information content (AvgIpc) is 2.46. The lowest BCUT2D eigenvalue weighted by molar-refractivity contribution is 0.612. The van der Waals surface area contributed by atoms with Gasteiger partial charge in [-0.3, -0.25) is 0 Å². The van der Waals surface area contributed by atoms with Crippen LogP contribution in [0.25, 0.3) is 0 Å². The van der Waals surface area contributed by atoms with Crippen molar-refractivity contribution in [1.82, 2.24) is 0 Å². The normalized spacial score (nSPS) is 16.1. The van der Waals surface area contributed by atoms with E-state index in [0.29, 0.717) is 0 Å². The quantitative estimate of drug-likeness (QED) is 0.443. The van der Waals surface area contributed by atoms with Gasteiger partial charge in [0, 0.05) is 5.41 Å². The predicted octanol–water partition coefficient (Wildman–Crippen LogP) is 5.82. The third-order valence-electron chi connectivity index (χ3n) is 3.58. The summed E-state index contributed by atoms with van der Waals surface area (Å²) in [6, 6.07) is 10.8. The number of allylic oxidation sites excluding steroid dienone is 6. The molecular formula is C19H26. The molecule has 1 unspecified atom stereocenters. The van der Waals surface area contributed by atoms with Crippen LogP contribution in [0.1, 0.15) is 46.1 Å². The fourth-order valence-corrected chi connectivity index (χ4v) is 2.70. The molecule has 0 bridgehead atoms. The maximum atomic E-state index is 2.34. The minimum atomic E-state index is -0.00146. The fourth-order valence-electron chi connectivity index (χ4n) is 2.70. The van der Waals surface area contributed by atoms with Crippen LogP contribution in [0.2, 0.25) is 0 Å². The summed E-state index contributed by atoms with van der Waals surface area (Å²) in [7, 11) is 0. The molecule has 1 aromatic carbocycles. The van der Waals surface area contributed by atoms with Gasteiger partial charge < -0.3 is 0 Å². The van der Waals surface area contributed by atoms with Crippen molar-refractivity contribution in [3.8, 4) is 0 Å². The van der Waals surface area contributed by atoms with Gasteiger partial charge in [-0.15, -0.1) is 0 Å². The van der Waals surface area contributed by atoms with Crippen LogP contribution >= 0.6 is 0 Å². The van der Waals surface area contributed by atoms with E-state index in [4.69, 9.17) is 0 Å². The number of rotatable bonds is 6. The van der Waals surface area contributed by atoms with Crippen molar-refractivity contribution in [2.75, 3.05) is 0 Å². The Morgan fingerprint density at radius 1 is 1.05 bits per heavy atom. The van der Waals surface area contributed by atoms with Crippen LogP contribution in [0.3, 0.4) is 0 Å². The highest BCUT2D eigenvalue weighted by Gasteiger charge is 2.29. The first-order valence-corrected chi connectivity index (χ1v) is 7.27. The first-order chi connectivity index (χ1) is 9.25. The van der Waals surface area contributed by atoms with Crippen molar-refractivity contribution in [2.45, 2.75) is 46.0 Å². The first-order valence-electron chi connectivity index (χ1n) is 7.27. The van der Waals surface area contributed by atoms with Crippen LogP contribution in [-0.4, -0.2) is 0 Å². The molecular weight excluding hydrogens is 228 g/mol. The predicted molar refractivity (Wildman–Crippen MR) is 86.4 cm³/mol. The molecule has 0 heterocycles. The maximum absolute atomic E-state index is 2.34. The molecule has 1 atom stereocenters. The van der Waals surface area contributed by atoms with Gasteiger partial charge in [0.05, 0.1) is 0 Å². The highest BCUT2D eigenvalue weighted by Crippen LogP contribution is 2.38. The standard InChI is InChI=1S/C19H26/c1-5-12-17(13-6-2)19(8-4,16-7-3)18-14-10-9-11-15-18/h5,7,9-16H,6,8H2,1-4H3/b12-5+,16-7-,17-13-. The zero-order chi connectivity index (χ0) is 14.1. The summed E-state index contributed by atoms with van der Waals surface area (Å²) >= 11 is 0. The van der Waals surface area contributed by atoms with E-state index >= 15 is 0 Å².